The molecule has 1 N–H and O–H groups in total. The number of nitrogens with one attached hydrogen (secondary N) is 1. The van der Waals surface area contributed by atoms with Gasteiger partial charge in [0.15, 0.2) is 11.7 Å². The predicted octanol–water partition coefficient (Wildman–Crippen LogP) is 2.42. The molecule has 1 saturated heterocycles. The van der Waals surface area contributed by atoms with Gasteiger partial charge in [0.25, 0.3) is 5.91 Å². The lowest BCUT2D eigenvalue weighted by molar-refractivity contribution is -0.0505. The van der Waals surface area contributed by atoms with Crippen LogP contribution in [0.1, 0.15) is 16.1 Å². The summed E-state index contributed by atoms with van der Waals surface area (Å²) in [4.78, 5) is 20.4. The third-order valence-corrected chi connectivity index (χ3v) is 4.74. The molecule has 1 aromatic heterocycles. The quantitative estimate of drug-likeness (QED) is 0.569. The van der Waals surface area contributed by atoms with Crippen LogP contribution in [0.3, 0.4) is 0 Å². The Bertz CT molecular complexity index is 866. The molecule has 0 bridgehead atoms. The van der Waals surface area contributed by atoms with Gasteiger partial charge in [-0.15, -0.1) is 0 Å². The number of guanidine groups is 1. The number of amides is 1. The van der Waals surface area contributed by atoms with Crippen molar-refractivity contribution in [1.82, 2.24) is 15.1 Å². The van der Waals surface area contributed by atoms with Crippen LogP contribution in [0.15, 0.2) is 46.0 Å². The van der Waals surface area contributed by atoms with Gasteiger partial charge < -0.3 is 29.0 Å². The van der Waals surface area contributed by atoms with Crippen LogP contribution in [0.5, 0.6) is 11.5 Å². The van der Waals surface area contributed by atoms with Gasteiger partial charge in [0.05, 0.1) is 13.4 Å². The van der Waals surface area contributed by atoms with Gasteiger partial charge in [0.1, 0.15) is 11.5 Å². The van der Waals surface area contributed by atoms with E-state index in [1.807, 2.05) is 4.90 Å². The number of alkyl halides is 2. The minimum Gasteiger partial charge on any atom is -0.497 e. The summed E-state index contributed by atoms with van der Waals surface area (Å²) in [5.74, 6) is 1.25. The molecule has 3 rings (SSSR count). The highest BCUT2D eigenvalue weighted by Gasteiger charge is 2.25. The zero-order valence-electron chi connectivity index (χ0n) is 16.8. The molecule has 2 heterocycles. The number of piperazine rings is 1. The van der Waals surface area contributed by atoms with E-state index in [0.717, 1.165) is 0 Å². The van der Waals surface area contributed by atoms with Gasteiger partial charge in [0, 0.05) is 51.4 Å². The third kappa shape index (κ3) is 5.19. The monoisotopic (exact) mass is 422 g/mol. The van der Waals surface area contributed by atoms with E-state index in [1.165, 1.54) is 19.4 Å². The van der Waals surface area contributed by atoms with Crippen LogP contribution < -0.4 is 14.8 Å². The summed E-state index contributed by atoms with van der Waals surface area (Å²) in [6.45, 7) is -0.505. The first-order valence-electron chi connectivity index (χ1n) is 9.42. The Hall–Kier alpha value is -3.30. The van der Waals surface area contributed by atoms with E-state index in [4.69, 9.17) is 9.15 Å². The van der Waals surface area contributed by atoms with Gasteiger partial charge in [-0.05, 0) is 24.3 Å². The number of methoxy groups -OCH3 is 1. The lowest BCUT2D eigenvalue weighted by Gasteiger charge is -2.36. The molecule has 1 aromatic carbocycles. The molecule has 1 aliphatic heterocycles. The van der Waals surface area contributed by atoms with Crippen molar-refractivity contribution < 1.29 is 27.5 Å². The fourth-order valence-electron chi connectivity index (χ4n) is 3.20. The normalized spacial score (nSPS) is 14.8. The molecule has 10 heteroatoms. The molecule has 0 radical (unpaired) electrons. The van der Waals surface area contributed by atoms with Crippen molar-refractivity contribution in [2.45, 2.75) is 13.2 Å². The summed E-state index contributed by atoms with van der Waals surface area (Å²) < 4.78 is 40.3. The van der Waals surface area contributed by atoms with Crippen LogP contribution in [0.2, 0.25) is 0 Å². The lowest BCUT2D eigenvalue weighted by Crippen LogP contribution is -2.53. The average Bonchev–Trinajstić information content (AvgIpc) is 3.29. The molecule has 0 spiro atoms. The molecule has 0 saturated carbocycles. The van der Waals surface area contributed by atoms with Crippen LogP contribution >= 0.6 is 0 Å². The van der Waals surface area contributed by atoms with Gasteiger partial charge in [-0.2, -0.15) is 8.78 Å². The van der Waals surface area contributed by atoms with E-state index in [0.29, 0.717) is 49.2 Å². The summed E-state index contributed by atoms with van der Waals surface area (Å²) in [6, 6.07) is 8.09. The van der Waals surface area contributed by atoms with E-state index in [2.05, 4.69) is 15.0 Å². The van der Waals surface area contributed by atoms with Crippen molar-refractivity contribution in [3.63, 3.8) is 0 Å². The molecular weight excluding hydrogens is 398 g/mol. The van der Waals surface area contributed by atoms with Gasteiger partial charge in [0.2, 0.25) is 0 Å². The highest BCUT2D eigenvalue weighted by molar-refractivity contribution is 5.91. The number of carbonyl (C=O) groups excluding carboxylic acids is 1. The molecule has 0 aliphatic carbocycles. The molecular formula is C20H24F2N4O4. The van der Waals surface area contributed by atoms with Crippen molar-refractivity contribution in [3.05, 3.63) is 47.9 Å². The van der Waals surface area contributed by atoms with Crippen molar-refractivity contribution >= 4 is 11.9 Å². The first-order valence-corrected chi connectivity index (χ1v) is 9.42. The molecule has 162 valence electrons. The molecule has 1 amide bonds. The van der Waals surface area contributed by atoms with Crippen molar-refractivity contribution in [3.8, 4) is 11.5 Å². The fraction of sp³-hybridized carbons (Fsp3) is 0.400. The maximum Gasteiger partial charge on any atom is 0.387 e. The van der Waals surface area contributed by atoms with E-state index in [9.17, 15) is 13.6 Å². The first-order chi connectivity index (χ1) is 14.5. The summed E-state index contributed by atoms with van der Waals surface area (Å²) in [6.07, 6.45) is 1.47. The van der Waals surface area contributed by atoms with E-state index < -0.39 is 6.61 Å². The minimum atomic E-state index is -2.94. The first kappa shape index (κ1) is 21.4. The number of furan rings is 1. The Morgan fingerprint density at radius 2 is 1.97 bits per heavy atom. The highest BCUT2D eigenvalue weighted by atomic mass is 19.3. The van der Waals surface area contributed by atoms with Gasteiger partial charge in [-0.3, -0.25) is 9.79 Å². The zero-order valence-corrected chi connectivity index (χ0v) is 16.8. The maximum atomic E-state index is 12.7. The second kappa shape index (κ2) is 9.95. The SMILES string of the molecule is CN=C(NCc1ccc(OC)cc1OC(F)F)N1CCN(C(=O)c2ccco2)CC1. The number of ether oxygens (including phenoxy) is 2. The third-order valence-electron chi connectivity index (χ3n) is 4.74. The molecule has 30 heavy (non-hydrogen) atoms. The van der Waals surface area contributed by atoms with E-state index in [1.54, 1.807) is 36.2 Å². The van der Waals surface area contributed by atoms with E-state index in [-0.39, 0.29) is 18.2 Å². The Balaban J connectivity index is 1.59. The summed E-state index contributed by atoms with van der Waals surface area (Å²) in [5, 5.41) is 3.17. The van der Waals surface area contributed by atoms with Gasteiger partial charge in [-0.25, -0.2) is 0 Å². The number of rotatable bonds is 6. The highest BCUT2D eigenvalue weighted by Crippen LogP contribution is 2.26. The Morgan fingerprint density at radius 3 is 2.57 bits per heavy atom. The number of nitrogens with zero attached hydrogens (tertiary/aromatic N) is 3. The van der Waals surface area contributed by atoms with Crippen LogP contribution in [0.4, 0.5) is 8.78 Å². The fourth-order valence-corrected chi connectivity index (χ4v) is 3.20. The standard InChI is InChI=1S/C20H24F2N4O4/c1-23-20(24-13-14-5-6-15(28-2)12-17(14)30-19(21)22)26-9-7-25(8-10-26)18(27)16-4-3-11-29-16/h3-6,11-12,19H,7-10,13H2,1-2H3,(H,23,24). The minimum absolute atomic E-state index is 0.0427. The second-order valence-electron chi connectivity index (χ2n) is 6.51. The number of benzene rings is 1. The number of hydrogen-bond donors (Lipinski definition) is 1. The topological polar surface area (TPSA) is 79.5 Å². The Kier molecular flexibility index (Phi) is 7.10. The number of aliphatic imine (C=N–C) groups is 1. The number of halogens is 2. The molecule has 0 atom stereocenters. The predicted molar refractivity (Wildman–Crippen MR) is 106 cm³/mol. The van der Waals surface area contributed by atoms with Crippen LogP contribution in [0, 0.1) is 0 Å². The van der Waals surface area contributed by atoms with E-state index >= 15 is 0 Å². The lowest BCUT2D eigenvalue weighted by atomic mass is 10.2. The molecule has 1 aliphatic rings. The zero-order chi connectivity index (χ0) is 21.5. The average molecular weight is 422 g/mol. The Labute approximate surface area is 173 Å². The molecule has 0 unspecified atom stereocenters. The number of hydrogen-bond acceptors (Lipinski definition) is 5. The van der Waals surface area contributed by atoms with Crippen molar-refractivity contribution in [1.29, 1.82) is 0 Å². The Morgan fingerprint density at radius 1 is 1.23 bits per heavy atom. The smallest absolute Gasteiger partial charge is 0.387 e. The summed E-state index contributed by atoms with van der Waals surface area (Å²) in [5.41, 5.74) is 0.545. The maximum absolute atomic E-state index is 12.7. The largest absolute Gasteiger partial charge is 0.497 e. The molecule has 1 fully saturated rings. The van der Waals surface area contributed by atoms with Crippen LogP contribution in [0.25, 0.3) is 0 Å². The molecule has 2 aromatic rings. The second-order valence-corrected chi connectivity index (χ2v) is 6.51. The summed E-state index contributed by atoms with van der Waals surface area (Å²) in [7, 11) is 3.10. The van der Waals surface area contributed by atoms with Gasteiger partial charge >= 0.3 is 6.61 Å². The number of carbonyl (C=O) groups is 1. The molecule has 8 nitrogen and oxygen atoms in total. The summed E-state index contributed by atoms with van der Waals surface area (Å²) >= 11 is 0. The van der Waals surface area contributed by atoms with Crippen LogP contribution in [-0.2, 0) is 6.54 Å². The van der Waals surface area contributed by atoms with Crippen molar-refractivity contribution in [2.75, 3.05) is 40.3 Å². The van der Waals surface area contributed by atoms with Gasteiger partial charge in [-0.1, -0.05) is 0 Å². The van der Waals surface area contributed by atoms with Crippen LogP contribution in [-0.4, -0.2) is 68.6 Å². The van der Waals surface area contributed by atoms with Crippen molar-refractivity contribution in [2.24, 2.45) is 4.99 Å².